The van der Waals surface area contributed by atoms with Crippen molar-refractivity contribution in [3.63, 3.8) is 0 Å². The number of fused-ring (bicyclic) bond motifs is 3. The Bertz CT molecular complexity index is 3230. The van der Waals surface area contributed by atoms with E-state index in [0.29, 0.717) is 34.9 Å². The maximum atomic E-state index is 6.35. The lowest BCUT2D eigenvalue weighted by molar-refractivity contribution is 0.669. The molecule has 8 aromatic carbocycles. The first-order valence-electron chi connectivity index (χ1n) is 20.9. The van der Waals surface area contributed by atoms with Gasteiger partial charge in [-0.1, -0.05) is 170 Å². The van der Waals surface area contributed by atoms with Gasteiger partial charge in [0.2, 0.25) is 0 Å². The maximum absolute atomic E-state index is 6.35. The predicted octanol–water partition coefficient (Wildman–Crippen LogP) is 13.9. The van der Waals surface area contributed by atoms with Crippen LogP contribution in [0.25, 0.3) is 113 Å². The van der Waals surface area contributed by atoms with Gasteiger partial charge in [0.1, 0.15) is 11.2 Å². The molecule has 11 aromatic rings. The van der Waals surface area contributed by atoms with Crippen molar-refractivity contribution in [3.8, 4) is 90.6 Å². The number of hydrogen-bond acceptors (Lipinski definition) is 7. The molecule has 0 radical (unpaired) electrons. The molecule has 0 atom stereocenters. The van der Waals surface area contributed by atoms with Gasteiger partial charge in [0.05, 0.1) is 0 Å². The van der Waals surface area contributed by atoms with E-state index in [1.807, 2.05) is 84.9 Å². The van der Waals surface area contributed by atoms with Crippen molar-refractivity contribution >= 4 is 21.9 Å². The van der Waals surface area contributed by atoms with Crippen LogP contribution in [-0.4, -0.2) is 29.9 Å². The molecule has 0 unspecified atom stereocenters. The van der Waals surface area contributed by atoms with Crippen LogP contribution in [0.2, 0.25) is 0 Å². The van der Waals surface area contributed by atoms with Crippen LogP contribution in [0, 0.1) is 13.8 Å². The summed E-state index contributed by atoms with van der Waals surface area (Å²) in [5.74, 6) is 3.85. The van der Waals surface area contributed by atoms with Gasteiger partial charge in [-0.2, -0.15) is 0 Å². The van der Waals surface area contributed by atoms with Gasteiger partial charge in [0.15, 0.2) is 34.9 Å². The van der Waals surface area contributed by atoms with E-state index in [0.717, 1.165) is 88.7 Å². The molecule has 0 N–H and O–H groups in total. The lowest BCUT2D eigenvalue weighted by atomic mass is 9.99. The minimum atomic E-state index is 0.628. The Morgan fingerprint density at radius 2 is 0.571 bits per heavy atom. The normalized spacial score (nSPS) is 11.3. The number of nitrogens with zero attached hydrogens (tertiary/aromatic N) is 6. The van der Waals surface area contributed by atoms with Crippen molar-refractivity contribution in [1.29, 1.82) is 0 Å². The Morgan fingerprint density at radius 1 is 0.270 bits per heavy atom. The second kappa shape index (κ2) is 15.9. The SMILES string of the molecule is Cc1ccccc1-c1nc(-c2ccccc2)nc(-c2ccc(-c3ccc4oc5ccc(-c6ccc(-c7nc(-c8ccccc8)nc(-c8ccccc8C)n7)cc6)cc5c4c3)cc2)n1. The smallest absolute Gasteiger partial charge is 0.164 e. The zero-order valence-corrected chi connectivity index (χ0v) is 34.6. The molecule has 0 fully saturated rings. The number of rotatable bonds is 8. The largest absolute Gasteiger partial charge is 0.456 e. The van der Waals surface area contributed by atoms with E-state index in [1.54, 1.807) is 0 Å². The van der Waals surface area contributed by atoms with Gasteiger partial charge in [-0.3, -0.25) is 0 Å². The van der Waals surface area contributed by atoms with E-state index < -0.39 is 0 Å². The molecule has 0 aliphatic heterocycles. The third-order valence-corrected chi connectivity index (χ3v) is 11.5. The van der Waals surface area contributed by atoms with E-state index in [2.05, 4.69) is 123 Å². The molecule has 0 aliphatic rings. The summed E-state index contributed by atoms with van der Waals surface area (Å²) in [6.07, 6.45) is 0. The van der Waals surface area contributed by atoms with E-state index in [4.69, 9.17) is 34.3 Å². The zero-order chi connectivity index (χ0) is 42.3. The van der Waals surface area contributed by atoms with Crippen LogP contribution < -0.4 is 0 Å². The standard InChI is InChI=1S/C56H38N6O/c1-35-13-9-11-19-45(35)55-59-51(39-15-5-3-6-16-39)57-53(61-55)41-25-21-37(22-26-41)43-29-31-49-47(33-43)48-34-44(30-32-50(48)63-49)38-23-27-42(28-24-38)54-58-52(40-17-7-4-8-18-40)60-56(62-54)46-20-12-10-14-36(46)2/h3-34H,1-2H3. The summed E-state index contributed by atoms with van der Waals surface area (Å²) in [6, 6.07) is 66.1. The lowest BCUT2D eigenvalue weighted by Gasteiger charge is -2.10. The average Bonchev–Trinajstić information content (AvgIpc) is 3.72. The van der Waals surface area contributed by atoms with Gasteiger partial charge in [-0.15, -0.1) is 0 Å². The minimum Gasteiger partial charge on any atom is -0.456 e. The second-order valence-electron chi connectivity index (χ2n) is 15.7. The molecular formula is C56H38N6O. The number of hydrogen-bond donors (Lipinski definition) is 0. The predicted molar refractivity (Wildman–Crippen MR) is 253 cm³/mol. The van der Waals surface area contributed by atoms with Crippen LogP contribution >= 0.6 is 0 Å². The lowest BCUT2D eigenvalue weighted by Crippen LogP contribution is -2.01. The Kier molecular flexibility index (Phi) is 9.47. The molecule has 0 spiro atoms. The van der Waals surface area contributed by atoms with Gasteiger partial charge in [-0.25, -0.2) is 29.9 Å². The Hall–Kier alpha value is -8.42. The monoisotopic (exact) mass is 810 g/mol. The van der Waals surface area contributed by atoms with Crippen LogP contribution in [0.15, 0.2) is 199 Å². The van der Waals surface area contributed by atoms with Gasteiger partial charge in [-0.05, 0) is 71.5 Å². The summed E-state index contributed by atoms with van der Waals surface area (Å²) in [7, 11) is 0. The third kappa shape index (κ3) is 7.32. The fraction of sp³-hybridized carbons (Fsp3) is 0.0357. The summed E-state index contributed by atoms with van der Waals surface area (Å²) >= 11 is 0. The quantitative estimate of drug-likeness (QED) is 0.151. The van der Waals surface area contributed by atoms with Crippen molar-refractivity contribution in [1.82, 2.24) is 29.9 Å². The first kappa shape index (κ1) is 37.6. The average molecular weight is 811 g/mol. The summed E-state index contributed by atoms with van der Waals surface area (Å²) in [4.78, 5) is 29.6. The van der Waals surface area contributed by atoms with Crippen molar-refractivity contribution in [2.75, 3.05) is 0 Å². The summed E-state index contributed by atoms with van der Waals surface area (Å²) in [5, 5.41) is 2.11. The molecule has 3 aromatic heterocycles. The van der Waals surface area contributed by atoms with Gasteiger partial charge >= 0.3 is 0 Å². The summed E-state index contributed by atoms with van der Waals surface area (Å²) in [5.41, 5.74) is 13.9. The summed E-state index contributed by atoms with van der Waals surface area (Å²) < 4.78 is 6.35. The third-order valence-electron chi connectivity index (χ3n) is 11.5. The van der Waals surface area contributed by atoms with Crippen LogP contribution in [0.5, 0.6) is 0 Å². The minimum absolute atomic E-state index is 0.628. The zero-order valence-electron chi connectivity index (χ0n) is 34.6. The Balaban J connectivity index is 0.909. The van der Waals surface area contributed by atoms with Crippen LogP contribution in [0.1, 0.15) is 11.1 Å². The number of aryl methyl sites for hydroxylation is 2. The fourth-order valence-corrected chi connectivity index (χ4v) is 8.09. The number of aromatic nitrogens is 6. The molecular weight excluding hydrogens is 773 g/mol. The highest BCUT2D eigenvalue weighted by Gasteiger charge is 2.17. The highest BCUT2D eigenvalue weighted by molar-refractivity contribution is 6.07. The first-order chi connectivity index (χ1) is 31.0. The van der Waals surface area contributed by atoms with Crippen LogP contribution in [0.4, 0.5) is 0 Å². The molecule has 7 nitrogen and oxygen atoms in total. The molecule has 298 valence electrons. The van der Waals surface area contributed by atoms with Gasteiger partial charge < -0.3 is 4.42 Å². The molecule has 0 saturated carbocycles. The van der Waals surface area contributed by atoms with E-state index in [9.17, 15) is 0 Å². The van der Waals surface area contributed by atoms with Crippen LogP contribution in [0.3, 0.4) is 0 Å². The molecule has 3 heterocycles. The molecule has 11 rings (SSSR count). The fourth-order valence-electron chi connectivity index (χ4n) is 8.09. The number of benzene rings is 8. The highest BCUT2D eigenvalue weighted by atomic mass is 16.3. The van der Waals surface area contributed by atoms with Crippen molar-refractivity contribution in [3.05, 3.63) is 205 Å². The van der Waals surface area contributed by atoms with Gasteiger partial charge in [0.25, 0.3) is 0 Å². The summed E-state index contributed by atoms with van der Waals surface area (Å²) in [6.45, 7) is 4.16. The van der Waals surface area contributed by atoms with E-state index in [1.165, 1.54) is 0 Å². The maximum Gasteiger partial charge on any atom is 0.164 e. The molecule has 0 amide bonds. The molecule has 63 heavy (non-hydrogen) atoms. The van der Waals surface area contributed by atoms with Crippen molar-refractivity contribution < 1.29 is 4.42 Å². The Labute approximate surface area is 364 Å². The van der Waals surface area contributed by atoms with Crippen LogP contribution in [-0.2, 0) is 0 Å². The number of furan rings is 1. The molecule has 0 saturated heterocycles. The van der Waals surface area contributed by atoms with Gasteiger partial charge in [0, 0.05) is 44.2 Å². The van der Waals surface area contributed by atoms with Crippen molar-refractivity contribution in [2.24, 2.45) is 0 Å². The van der Waals surface area contributed by atoms with E-state index >= 15 is 0 Å². The topological polar surface area (TPSA) is 90.5 Å². The molecule has 0 aliphatic carbocycles. The van der Waals surface area contributed by atoms with Crippen molar-refractivity contribution in [2.45, 2.75) is 13.8 Å². The first-order valence-corrected chi connectivity index (χ1v) is 20.9. The highest BCUT2D eigenvalue weighted by Crippen LogP contribution is 2.37. The molecule has 7 heteroatoms. The van der Waals surface area contributed by atoms with E-state index in [-0.39, 0.29) is 0 Å². The second-order valence-corrected chi connectivity index (χ2v) is 15.7. The molecule has 0 bridgehead atoms. The Morgan fingerprint density at radius 3 is 0.952 bits per heavy atom.